The molecule has 20 heavy (non-hydrogen) atoms. The molecule has 1 heterocycles. The molecule has 0 aliphatic rings. The molecular formula is C15H23NO3S. The second kappa shape index (κ2) is 9.92. The van der Waals surface area contributed by atoms with Crippen molar-refractivity contribution < 1.29 is 14.6 Å². The first-order valence-electron chi connectivity index (χ1n) is 6.61. The zero-order valence-electron chi connectivity index (χ0n) is 12.4. The van der Waals surface area contributed by atoms with Crippen LogP contribution in [0.5, 0.6) is 0 Å². The molecule has 1 N–H and O–H groups in total. The van der Waals surface area contributed by atoms with Gasteiger partial charge in [-0.25, -0.2) is 0 Å². The van der Waals surface area contributed by atoms with Crippen LogP contribution in [-0.2, 0) is 16.0 Å². The van der Waals surface area contributed by atoms with Gasteiger partial charge in [-0.15, -0.1) is 11.3 Å². The average Bonchev–Trinajstić information content (AvgIpc) is 2.89. The van der Waals surface area contributed by atoms with E-state index in [1.54, 1.807) is 25.6 Å². The van der Waals surface area contributed by atoms with Gasteiger partial charge in [0.15, 0.2) is 0 Å². The molecule has 1 rings (SSSR count). The predicted octanol–water partition coefficient (Wildman–Crippen LogP) is 1.58. The lowest BCUT2D eigenvalue weighted by atomic mass is 10.2. The zero-order valence-corrected chi connectivity index (χ0v) is 13.2. The summed E-state index contributed by atoms with van der Waals surface area (Å²) in [5, 5.41) is 8.70. The van der Waals surface area contributed by atoms with E-state index in [0.717, 1.165) is 18.0 Å². The van der Waals surface area contributed by atoms with Crippen LogP contribution in [0.2, 0.25) is 0 Å². The monoisotopic (exact) mass is 297 g/mol. The molecule has 1 aromatic rings. The highest BCUT2D eigenvalue weighted by molar-refractivity contribution is 7.12. The Kier molecular flexibility index (Phi) is 8.51. The van der Waals surface area contributed by atoms with Gasteiger partial charge in [0.05, 0.1) is 18.1 Å². The van der Waals surface area contributed by atoms with E-state index in [1.807, 2.05) is 6.07 Å². The van der Waals surface area contributed by atoms with Crippen molar-refractivity contribution in [2.24, 2.45) is 0 Å². The highest BCUT2D eigenvalue weighted by Crippen LogP contribution is 2.18. The maximum absolute atomic E-state index is 8.70. The van der Waals surface area contributed by atoms with Crippen LogP contribution in [0.3, 0.4) is 0 Å². The Hall–Kier alpha value is -0.900. The van der Waals surface area contributed by atoms with Crippen LogP contribution < -0.4 is 0 Å². The van der Waals surface area contributed by atoms with Gasteiger partial charge in [0.1, 0.15) is 6.61 Å². The molecule has 0 radical (unpaired) electrons. The van der Waals surface area contributed by atoms with E-state index in [0.29, 0.717) is 19.3 Å². The molecule has 0 saturated heterocycles. The normalized spacial score (nSPS) is 12.2. The number of ether oxygens (including phenoxy) is 2. The van der Waals surface area contributed by atoms with E-state index in [-0.39, 0.29) is 6.61 Å². The van der Waals surface area contributed by atoms with Crippen LogP contribution >= 0.6 is 11.3 Å². The molecule has 1 aromatic heterocycles. The van der Waals surface area contributed by atoms with Gasteiger partial charge < -0.3 is 14.6 Å². The lowest BCUT2D eigenvalue weighted by molar-refractivity contribution is 0.0711. The lowest BCUT2D eigenvalue weighted by Crippen LogP contribution is -2.37. The fraction of sp³-hybridized carbons (Fsp3) is 0.600. The number of nitrogens with zero attached hydrogens (tertiary/aromatic N) is 1. The third-order valence-corrected chi connectivity index (χ3v) is 3.91. The number of hydrogen-bond acceptors (Lipinski definition) is 5. The molecule has 0 amide bonds. The van der Waals surface area contributed by atoms with Crippen molar-refractivity contribution in [1.82, 2.24) is 4.90 Å². The Morgan fingerprint density at radius 2 is 2.15 bits per heavy atom. The summed E-state index contributed by atoms with van der Waals surface area (Å²) in [6, 6.07) is 4.42. The zero-order chi connectivity index (χ0) is 14.8. The molecule has 0 aliphatic heterocycles. The topological polar surface area (TPSA) is 41.9 Å². The summed E-state index contributed by atoms with van der Waals surface area (Å²) in [6.45, 7) is 5.19. The van der Waals surface area contributed by atoms with E-state index >= 15 is 0 Å². The first-order chi connectivity index (χ1) is 9.71. The standard InChI is InChI=1S/C15H23NO3S/c1-13(12-19-3)16(8-10-18-2)11-15-7-6-14(20-15)5-4-9-17/h6-7,13,17H,8-12H2,1-3H3. The lowest BCUT2D eigenvalue weighted by Gasteiger charge is -2.27. The molecule has 1 unspecified atom stereocenters. The van der Waals surface area contributed by atoms with Crippen LogP contribution in [0.25, 0.3) is 0 Å². The van der Waals surface area contributed by atoms with Gasteiger partial charge in [-0.3, -0.25) is 4.90 Å². The number of aliphatic hydroxyl groups excluding tert-OH is 1. The summed E-state index contributed by atoms with van der Waals surface area (Å²) in [7, 11) is 3.44. The Labute approximate surface area is 125 Å². The first kappa shape index (κ1) is 17.2. The molecule has 4 nitrogen and oxygen atoms in total. The molecule has 5 heteroatoms. The van der Waals surface area contributed by atoms with E-state index in [9.17, 15) is 0 Å². The van der Waals surface area contributed by atoms with Crippen LogP contribution in [0.4, 0.5) is 0 Å². The highest BCUT2D eigenvalue weighted by Gasteiger charge is 2.14. The van der Waals surface area contributed by atoms with Crippen LogP contribution in [0.15, 0.2) is 12.1 Å². The molecule has 112 valence electrons. The summed E-state index contributed by atoms with van der Waals surface area (Å²) < 4.78 is 10.4. The van der Waals surface area contributed by atoms with Crippen LogP contribution in [0.1, 0.15) is 16.7 Å². The summed E-state index contributed by atoms with van der Waals surface area (Å²) in [4.78, 5) is 4.58. The second-order valence-corrected chi connectivity index (χ2v) is 5.66. The molecular weight excluding hydrogens is 274 g/mol. The molecule has 0 saturated carbocycles. The number of hydrogen-bond donors (Lipinski definition) is 1. The third kappa shape index (κ3) is 6.04. The highest BCUT2D eigenvalue weighted by atomic mass is 32.1. The largest absolute Gasteiger partial charge is 0.384 e. The van der Waals surface area contributed by atoms with Crippen molar-refractivity contribution >= 4 is 11.3 Å². The third-order valence-electron chi connectivity index (χ3n) is 2.93. The molecule has 0 aliphatic carbocycles. The van der Waals surface area contributed by atoms with Crippen molar-refractivity contribution in [2.75, 3.05) is 40.6 Å². The van der Waals surface area contributed by atoms with Crippen molar-refractivity contribution in [2.45, 2.75) is 19.5 Å². The predicted molar refractivity (Wildman–Crippen MR) is 81.9 cm³/mol. The van der Waals surface area contributed by atoms with Crippen molar-refractivity contribution in [3.05, 3.63) is 21.9 Å². The summed E-state index contributed by atoms with van der Waals surface area (Å²) in [6.07, 6.45) is 0. The molecule has 0 bridgehead atoms. The summed E-state index contributed by atoms with van der Waals surface area (Å²) in [5.74, 6) is 5.61. The fourth-order valence-electron chi connectivity index (χ4n) is 1.87. The van der Waals surface area contributed by atoms with Gasteiger partial charge in [0.2, 0.25) is 0 Å². The number of thiophene rings is 1. The Morgan fingerprint density at radius 3 is 2.80 bits per heavy atom. The SMILES string of the molecule is COCCN(Cc1ccc(C#CCO)s1)C(C)COC. The van der Waals surface area contributed by atoms with E-state index < -0.39 is 0 Å². The van der Waals surface area contributed by atoms with Gasteiger partial charge in [-0.05, 0) is 19.1 Å². The number of methoxy groups -OCH3 is 2. The van der Waals surface area contributed by atoms with Crippen molar-refractivity contribution in [3.8, 4) is 11.8 Å². The molecule has 0 fully saturated rings. The maximum atomic E-state index is 8.70. The average molecular weight is 297 g/mol. The minimum absolute atomic E-state index is 0.0991. The smallest absolute Gasteiger partial charge is 0.104 e. The minimum Gasteiger partial charge on any atom is -0.384 e. The fourth-order valence-corrected chi connectivity index (χ4v) is 2.78. The van der Waals surface area contributed by atoms with Crippen LogP contribution in [0, 0.1) is 11.8 Å². The molecule has 1 atom stereocenters. The summed E-state index contributed by atoms with van der Waals surface area (Å²) >= 11 is 1.66. The van der Waals surface area contributed by atoms with Crippen molar-refractivity contribution in [1.29, 1.82) is 0 Å². The molecule has 0 aromatic carbocycles. The molecule has 0 spiro atoms. The number of aliphatic hydroxyl groups is 1. The minimum atomic E-state index is -0.0991. The van der Waals surface area contributed by atoms with Crippen LogP contribution in [-0.4, -0.2) is 56.6 Å². The van der Waals surface area contributed by atoms with E-state index in [1.165, 1.54) is 4.88 Å². The Morgan fingerprint density at radius 1 is 1.35 bits per heavy atom. The van der Waals surface area contributed by atoms with Gasteiger partial charge >= 0.3 is 0 Å². The van der Waals surface area contributed by atoms with Gasteiger partial charge in [-0.1, -0.05) is 11.8 Å². The number of rotatable bonds is 8. The van der Waals surface area contributed by atoms with E-state index in [2.05, 4.69) is 29.7 Å². The maximum Gasteiger partial charge on any atom is 0.104 e. The quantitative estimate of drug-likeness (QED) is 0.740. The second-order valence-electron chi connectivity index (χ2n) is 4.49. The summed E-state index contributed by atoms with van der Waals surface area (Å²) in [5.41, 5.74) is 0. The van der Waals surface area contributed by atoms with Gasteiger partial charge in [-0.2, -0.15) is 0 Å². The Bertz CT molecular complexity index is 436. The van der Waals surface area contributed by atoms with E-state index in [4.69, 9.17) is 14.6 Å². The van der Waals surface area contributed by atoms with Gasteiger partial charge in [0, 0.05) is 38.2 Å². The first-order valence-corrected chi connectivity index (χ1v) is 7.43. The van der Waals surface area contributed by atoms with Crippen molar-refractivity contribution in [3.63, 3.8) is 0 Å². The van der Waals surface area contributed by atoms with Gasteiger partial charge in [0.25, 0.3) is 0 Å². The Balaban J connectivity index is 2.65.